The highest BCUT2D eigenvalue weighted by molar-refractivity contribution is 7.47. The van der Waals surface area contributed by atoms with Gasteiger partial charge in [0.25, 0.3) is 0 Å². The number of rotatable bonds is 80. The Morgan fingerprint density at radius 1 is 0.275 bits per heavy atom. The first kappa shape index (κ1) is 100. The standard InChI is InChI=1S/C83H162O17P2/c1-9-75(7)61-53-45-37-31-24-20-15-13-11-12-14-16-21-25-32-38-47-55-63-80(85)93-69-78(99-83(88)66-58-50-40-34-28-27-30-36-44-52-60-74(5)6)71-97-101(89,90)95-67-77(84)68-96-102(91,92)98-72-79(70-94-81(86)64-56-48-42-41-46-54-62-76(8)10-2)100-82(87)65-57-49-39-33-26-22-18-17-19-23-29-35-43-51-59-73(3)4/h73-79,84H,9-72H2,1-8H3,(H,89,90)(H,91,92)/t75?,76?,77-,78-,79-/m1/s1. The summed E-state index contributed by atoms with van der Waals surface area (Å²) in [6.07, 6.45) is 59.8. The zero-order valence-electron chi connectivity index (χ0n) is 67.2. The third-order valence-corrected chi connectivity index (χ3v) is 21.9. The average molecular weight is 1490 g/mol. The van der Waals surface area contributed by atoms with Crippen LogP contribution >= 0.6 is 15.6 Å². The molecule has 0 saturated heterocycles. The summed E-state index contributed by atoms with van der Waals surface area (Å²) in [7, 11) is -9.92. The minimum atomic E-state index is -4.96. The number of phosphoric ester groups is 2. The highest BCUT2D eigenvalue weighted by Gasteiger charge is 2.30. The summed E-state index contributed by atoms with van der Waals surface area (Å²) in [5.74, 6) is 1.04. The molecular weight excluding hydrogens is 1330 g/mol. The van der Waals surface area contributed by atoms with Crippen LogP contribution in [0.25, 0.3) is 0 Å². The number of hydrogen-bond acceptors (Lipinski definition) is 15. The average Bonchev–Trinajstić information content (AvgIpc) is 1.45. The number of ether oxygens (including phenoxy) is 4. The lowest BCUT2D eigenvalue weighted by Crippen LogP contribution is -2.30. The van der Waals surface area contributed by atoms with Crippen LogP contribution in [0.4, 0.5) is 0 Å². The lowest BCUT2D eigenvalue weighted by molar-refractivity contribution is -0.161. The van der Waals surface area contributed by atoms with Crippen LogP contribution in [-0.2, 0) is 65.4 Å². The molecule has 7 atom stereocenters. The van der Waals surface area contributed by atoms with Crippen LogP contribution in [0.15, 0.2) is 0 Å². The van der Waals surface area contributed by atoms with Crippen LogP contribution < -0.4 is 0 Å². The van der Waals surface area contributed by atoms with Crippen molar-refractivity contribution in [3.05, 3.63) is 0 Å². The maximum Gasteiger partial charge on any atom is 0.472 e. The van der Waals surface area contributed by atoms with Crippen molar-refractivity contribution < 1.29 is 80.2 Å². The molecular formula is C83H162O17P2. The van der Waals surface area contributed by atoms with Gasteiger partial charge in [0.1, 0.15) is 19.3 Å². The molecule has 0 aromatic carbocycles. The predicted molar refractivity (Wildman–Crippen MR) is 418 cm³/mol. The zero-order chi connectivity index (χ0) is 75.3. The third-order valence-electron chi connectivity index (χ3n) is 20.0. The fraction of sp³-hybridized carbons (Fsp3) is 0.952. The summed E-state index contributed by atoms with van der Waals surface area (Å²) in [4.78, 5) is 73.1. The van der Waals surface area contributed by atoms with E-state index >= 15 is 0 Å². The van der Waals surface area contributed by atoms with Crippen molar-refractivity contribution in [2.45, 2.75) is 446 Å². The number of unbranched alkanes of at least 4 members (excludes halogenated alkanes) is 44. The highest BCUT2D eigenvalue weighted by atomic mass is 31.2. The second kappa shape index (κ2) is 72.0. The summed E-state index contributed by atoms with van der Waals surface area (Å²) in [5, 5.41) is 10.6. The predicted octanol–water partition coefficient (Wildman–Crippen LogP) is 24.8. The summed E-state index contributed by atoms with van der Waals surface area (Å²) in [6, 6.07) is 0. The Morgan fingerprint density at radius 2 is 0.471 bits per heavy atom. The first-order valence-electron chi connectivity index (χ1n) is 42.8. The number of hydrogen-bond donors (Lipinski definition) is 3. The van der Waals surface area contributed by atoms with Gasteiger partial charge in [-0.3, -0.25) is 37.3 Å². The lowest BCUT2D eigenvalue weighted by atomic mass is 9.99. The molecule has 0 aliphatic heterocycles. The van der Waals surface area contributed by atoms with Crippen LogP contribution in [0, 0.1) is 23.7 Å². The topological polar surface area (TPSA) is 237 Å². The van der Waals surface area contributed by atoms with E-state index in [-0.39, 0.29) is 25.7 Å². The van der Waals surface area contributed by atoms with E-state index in [4.69, 9.17) is 37.0 Å². The second-order valence-corrected chi connectivity index (χ2v) is 34.2. The normalized spacial score (nSPS) is 14.5. The van der Waals surface area contributed by atoms with E-state index in [0.717, 1.165) is 120 Å². The Bertz CT molecular complexity index is 1990. The number of carbonyl (C=O) groups excluding carboxylic acids is 4. The molecule has 102 heavy (non-hydrogen) atoms. The van der Waals surface area contributed by atoms with Gasteiger partial charge in [0.15, 0.2) is 12.2 Å². The molecule has 0 saturated carbocycles. The fourth-order valence-electron chi connectivity index (χ4n) is 12.7. The van der Waals surface area contributed by atoms with Crippen LogP contribution in [0.3, 0.4) is 0 Å². The van der Waals surface area contributed by atoms with E-state index in [9.17, 15) is 43.2 Å². The first-order valence-corrected chi connectivity index (χ1v) is 45.8. The van der Waals surface area contributed by atoms with Crippen LogP contribution in [0.1, 0.15) is 428 Å². The molecule has 0 bridgehead atoms. The molecule has 0 amide bonds. The van der Waals surface area contributed by atoms with E-state index in [0.29, 0.717) is 25.7 Å². The number of aliphatic hydroxyl groups is 1. The second-order valence-electron chi connectivity index (χ2n) is 31.3. The molecule has 0 spiro atoms. The van der Waals surface area contributed by atoms with Crippen molar-refractivity contribution in [1.29, 1.82) is 0 Å². The van der Waals surface area contributed by atoms with Crippen molar-refractivity contribution >= 4 is 39.5 Å². The number of carbonyl (C=O) groups is 4. The lowest BCUT2D eigenvalue weighted by Gasteiger charge is -2.21. The van der Waals surface area contributed by atoms with Crippen LogP contribution in [0.2, 0.25) is 0 Å². The summed E-state index contributed by atoms with van der Waals surface area (Å²) in [6.45, 7) is 14.3. The maximum absolute atomic E-state index is 13.1. The van der Waals surface area contributed by atoms with Crippen LogP contribution in [-0.4, -0.2) is 96.7 Å². The van der Waals surface area contributed by atoms with Crippen LogP contribution in [0.5, 0.6) is 0 Å². The van der Waals surface area contributed by atoms with E-state index in [1.807, 2.05) is 0 Å². The van der Waals surface area contributed by atoms with Gasteiger partial charge in [-0.15, -0.1) is 0 Å². The summed E-state index contributed by atoms with van der Waals surface area (Å²) in [5.41, 5.74) is 0. The quantitative estimate of drug-likeness (QED) is 0.0222. The Labute approximate surface area is 626 Å². The first-order chi connectivity index (χ1) is 49.2. The minimum absolute atomic E-state index is 0.106. The molecule has 17 nitrogen and oxygen atoms in total. The Kier molecular flexibility index (Phi) is 70.6. The molecule has 0 aromatic rings. The molecule has 3 N–H and O–H groups in total. The molecule has 0 aliphatic carbocycles. The van der Waals surface area contributed by atoms with Crippen molar-refractivity contribution in [3.8, 4) is 0 Å². The Balaban J connectivity index is 5.18. The zero-order valence-corrected chi connectivity index (χ0v) is 69.0. The van der Waals surface area contributed by atoms with Gasteiger partial charge in [0, 0.05) is 25.7 Å². The molecule has 0 heterocycles. The van der Waals surface area contributed by atoms with E-state index in [1.165, 1.54) is 225 Å². The fourth-order valence-corrected chi connectivity index (χ4v) is 14.3. The Morgan fingerprint density at radius 3 is 0.696 bits per heavy atom. The van der Waals surface area contributed by atoms with Gasteiger partial charge >= 0.3 is 39.5 Å². The van der Waals surface area contributed by atoms with Gasteiger partial charge < -0.3 is 33.8 Å². The third kappa shape index (κ3) is 73.6. The van der Waals surface area contributed by atoms with E-state index in [1.54, 1.807) is 0 Å². The number of esters is 4. The van der Waals surface area contributed by atoms with Gasteiger partial charge in [0.2, 0.25) is 0 Å². The highest BCUT2D eigenvalue weighted by Crippen LogP contribution is 2.45. The maximum atomic E-state index is 13.1. The summed E-state index contributed by atoms with van der Waals surface area (Å²) < 4.78 is 68.7. The van der Waals surface area contributed by atoms with Gasteiger partial charge in [-0.1, -0.05) is 376 Å². The van der Waals surface area contributed by atoms with Crippen molar-refractivity contribution in [2.75, 3.05) is 39.6 Å². The molecule has 19 heteroatoms. The largest absolute Gasteiger partial charge is 0.472 e. The van der Waals surface area contributed by atoms with E-state index in [2.05, 4.69) is 55.4 Å². The molecule has 0 fully saturated rings. The van der Waals surface area contributed by atoms with Crippen molar-refractivity contribution in [1.82, 2.24) is 0 Å². The van der Waals surface area contributed by atoms with E-state index < -0.39 is 97.5 Å². The summed E-state index contributed by atoms with van der Waals surface area (Å²) >= 11 is 0. The van der Waals surface area contributed by atoms with Gasteiger partial charge in [0.05, 0.1) is 26.4 Å². The van der Waals surface area contributed by atoms with Gasteiger partial charge in [-0.05, 0) is 49.4 Å². The van der Waals surface area contributed by atoms with Gasteiger partial charge in [-0.25, -0.2) is 9.13 Å². The smallest absolute Gasteiger partial charge is 0.462 e. The monoisotopic (exact) mass is 1490 g/mol. The van der Waals surface area contributed by atoms with Gasteiger partial charge in [-0.2, -0.15) is 0 Å². The molecule has 0 radical (unpaired) electrons. The molecule has 0 aliphatic rings. The molecule has 0 aromatic heterocycles. The van der Waals surface area contributed by atoms with Crippen molar-refractivity contribution in [3.63, 3.8) is 0 Å². The molecule has 4 unspecified atom stereocenters. The Hall–Kier alpha value is -1.94. The number of phosphoric acid groups is 2. The number of aliphatic hydroxyl groups excluding tert-OH is 1. The SMILES string of the molecule is CCC(C)CCCCCCCCCCCCCCCCCCCCC(=O)OC[C@H](COP(=O)(O)OC[C@@H](O)COP(=O)(O)OC[C@@H](COC(=O)CCCCCCCCC(C)CC)OC(=O)CCCCCCCCCCCCCCCCC(C)C)OC(=O)CCCCCCCCCCCCC(C)C. The van der Waals surface area contributed by atoms with Crippen molar-refractivity contribution in [2.24, 2.45) is 23.7 Å². The molecule has 0 rings (SSSR count). The minimum Gasteiger partial charge on any atom is -0.462 e. The molecule has 606 valence electrons.